The molecule has 13 aromatic rings. The van der Waals surface area contributed by atoms with Crippen molar-refractivity contribution in [1.82, 2.24) is 19.1 Å². The van der Waals surface area contributed by atoms with Crippen LogP contribution in [-0.2, 0) is 0 Å². The molecule has 0 saturated carbocycles. The fourth-order valence-electron chi connectivity index (χ4n) is 9.62. The molecule has 13 rings (SSSR count). The summed E-state index contributed by atoms with van der Waals surface area (Å²) in [4.78, 5) is 11.0. The van der Waals surface area contributed by atoms with Crippen molar-refractivity contribution >= 4 is 86.7 Å². The van der Waals surface area contributed by atoms with Crippen LogP contribution in [0.25, 0.3) is 121 Å². The molecule has 0 atom stereocenters. The number of benzene rings is 9. The third-order valence-electron chi connectivity index (χ3n) is 12.4. The Hall–Kier alpha value is -7.86. The van der Waals surface area contributed by atoms with E-state index in [0.717, 1.165) is 65.7 Å². The molecule has 0 unspecified atom stereocenters. The van der Waals surface area contributed by atoms with Gasteiger partial charge in [-0.15, -0.1) is 11.3 Å². The summed E-state index contributed by atoms with van der Waals surface area (Å²) in [5, 5.41) is 11.9. The van der Waals surface area contributed by atoms with Gasteiger partial charge in [-0.1, -0.05) is 158 Å². The Kier molecular flexibility index (Phi) is 7.44. The van der Waals surface area contributed by atoms with Crippen LogP contribution in [-0.4, -0.2) is 19.1 Å². The van der Waals surface area contributed by atoms with E-state index in [0.29, 0.717) is 5.95 Å². The highest BCUT2D eigenvalue weighted by Gasteiger charge is 2.23. The molecule has 284 valence electrons. The van der Waals surface area contributed by atoms with Crippen LogP contribution in [0.1, 0.15) is 0 Å². The van der Waals surface area contributed by atoms with Crippen molar-refractivity contribution in [3.8, 4) is 45.1 Å². The topological polar surface area (TPSA) is 35.6 Å². The highest BCUT2D eigenvalue weighted by Crippen LogP contribution is 2.44. The van der Waals surface area contributed by atoms with E-state index >= 15 is 0 Å². The second-order valence-electron chi connectivity index (χ2n) is 15.8. The second kappa shape index (κ2) is 13.3. The Morgan fingerprint density at radius 3 is 1.85 bits per heavy atom. The maximum Gasteiger partial charge on any atom is 0.235 e. The first-order valence-corrected chi connectivity index (χ1v) is 21.5. The third-order valence-corrected chi connectivity index (χ3v) is 13.3. The van der Waals surface area contributed by atoms with E-state index in [2.05, 4.69) is 215 Å². The van der Waals surface area contributed by atoms with Crippen molar-refractivity contribution in [3.63, 3.8) is 0 Å². The number of thiophene rings is 1. The molecule has 0 bridgehead atoms. The normalized spacial score (nSPS) is 11.9. The van der Waals surface area contributed by atoms with Crippen molar-refractivity contribution < 1.29 is 0 Å². The standard InChI is InChI=1S/C56H34N4S/c1-4-15-35(16-5-1)47-34-61-55-52(37-18-6-2-7-19-37)57-56(58-53(47)55)60-48-29-28-40(32-45(48)46-31-38-20-10-11-21-39(38)33-50(46)60)43-25-14-26-44-51-42-24-13-12-17-36(42)27-30-49(51)59(54(43)44)41-22-8-3-9-23-41/h1-34H. The number of hydrogen-bond donors (Lipinski definition) is 0. The van der Waals surface area contributed by atoms with Gasteiger partial charge in [-0.25, -0.2) is 9.97 Å². The highest BCUT2D eigenvalue weighted by molar-refractivity contribution is 7.18. The average Bonchev–Trinajstić information content (AvgIpc) is 4.01. The van der Waals surface area contributed by atoms with E-state index in [1.165, 1.54) is 48.9 Å². The summed E-state index contributed by atoms with van der Waals surface area (Å²) in [6.07, 6.45) is 0. The molecule has 0 N–H and O–H groups in total. The van der Waals surface area contributed by atoms with Crippen LogP contribution in [0, 0.1) is 0 Å². The summed E-state index contributed by atoms with van der Waals surface area (Å²) in [6, 6.07) is 72.2. The van der Waals surface area contributed by atoms with Crippen molar-refractivity contribution in [2.45, 2.75) is 0 Å². The summed E-state index contributed by atoms with van der Waals surface area (Å²) in [6.45, 7) is 0. The van der Waals surface area contributed by atoms with Gasteiger partial charge in [0.2, 0.25) is 5.95 Å². The van der Waals surface area contributed by atoms with Gasteiger partial charge >= 0.3 is 0 Å². The van der Waals surface area contributed by atoms with Gasteiger partial charge in [0.05, 0.1) is 38.0 Å². The molecule has 0 saturated heterocycles. The molecule has 4 nitrogen and oxygen atoms in total. The average molecular weight is 795 g/mol. The Morgan fingerprint density at radius 1 is 0.393 bits per heavy atom. The zero-order chi connectivity index (χ0) is 40.0. The van der Waals surface area contributed by atoms with Crippen molar-refractivity contribution in [2.24, 2.45) is 0 Å². The molecule has 0 aliphatic rings. The first kappa shape index (κ1) is 34.0. The predicted octanol–water partition coefficient (Wildman–Crippen LogP) is 15.2. The molecule has 5 heteroatoms. The summed E-state index contributed by atoms with van der Waals surface area (Å²) in [7, 11) is 0. The Labute approximate surface area is 354 Å². The number of hydrogen-bond acceptors (Lipinski definition) is 3. The highest BCUT2D eigenvalue weighted by atomic mass is 32.1. The van der Waals surface area contributed by atoms with Gasteiger partial charge in [-0.3, -0.25) is 4.57 Å². The van der Waals surface area contributed by atoms with E-state index in [1.54, 1.807) is 11.3 Å². The molecule has 4 heterocycles. The van der Waals surface area contributed by atoms with Crippen LogP contribution in [0.15, 0.2) is 206 Å². The fourth-order valence-corrected chi connectivity index (χ4v) is 10.6. The van der Waals surface area contributed by atoms with Gasteiger partial charge in [-0.2, -0.15) is 0 Å². The molecule has 0 aliphatic carbocycles. The smallest absolute Gasteiger partial charge is 0.235 e. The molecular formula is C56H34N4S. The number of aromatic nitrogens is 4. The lowest BCUT2D eigenvalue weighted by molar-refractivity contribution is 1.02. The zero-order valence-electron chi connectivity index (χ0n) is 32.8. The second-order valence-corrected chi connectivity index (χ2v) is 16.6. The SMILES string of the molecule is c1ccc(-c2csc3c(-c4ccccc4)nc(-n4c5ccc(-c6cccc7c8c9ccccc9ccc8n(-c8ccccc8)c67)cc5c5cc6ccccc6cc54)nc23)cc1. The predicted molar refractivity (Wildman–Crippen MR) is 257 cm³/mol. The van der Waals surface area contributed by atoms with Crippen LogP contribution in [0.5, 0.6) is 0 Å². The lowest BCUT2D eigenvalue weighted by atomic mass is 9.98. The monoisotopic (exact) mass is 794 g/mol. The minimum Gasteiger partial charge on any atom is -0.309 e. The maximum absolute atomic E-state index is 5.50. The van der Waals surface area contributed by atoms with Gasteiger partial charge in [-0.05, 0) is 75.1 Å². The number of fused-ring (bicyclic) bond motifs is 10. The Balaban J connectivity index is 1.12. The van der Waals surface area contributed by atoms with Crippen LogP contribution in [0.4, 0.5) is 0 Å². The molecule has 61 heavy (non-hydrogen) atoms. The van der Waals surface area contributed by atoms with E-state index < -0.39 is 0 Å². The largest absolute Gasteiger partial charge is 0.309 e. The summed E-state index contributed by atoms with van der Waals surface area (Å²) >= 11 is 1.71. The summed E-state index contributed by atoms with van der Waals surface area (Å²) in [5.74, 6) is 0.656. The van der Waals surface area contributed by atoms with Crippen LogP contribution in [0.3, 0.4) is 0 Å². The molecule has 9 aromatic carbocycles. The van der Waals surface area contributed by atoms with E-state index in [9.17, 15) is 0 Å². The van der Waals surface area contributed by atoms with Crippen LogP contribution >= 0.6 is 11.3 Å². The lowest BCUT2D eigenvalue weighted by Crippen LogP contribution is -2.03. The van der Waals surface area contributed by atoms with E-state index in [-0.39, 0.29) is 0 Å². The van der Waals surface area contributed by atoms with Gasteiger partial charge in [0.1, 0.15) is 0 Å². The first-order chi connectivity index (χ1) is 30.3. The zero-order valence-corrected chi connectivity index (χ0v) is 33.6. The van der Waals surface area contributed by atoms with E-state index in [4.69, 9.17) is 9.97 Å². The van der Waals surface area contributed by atoms with Crippen LogP contribution in [0.2, 0.25) is 0 Å². The van der Waals surface area contributed by atoms with Crippen molar-refractivity contribution in [3.05, 3.63) is 206 Å². The van der Waals surface area contributed by atoms with Gasteiger partial charge in [0.15, 0.2) is 0 Å². The van der Waals surface area contributed by atoms with Crippen molar-refractivity contribution in [1.29, 1.82) is 0 Å². The molecule has 0 spiro atoms. The molecule has 0 radical (unpaired) electrons. The minimum absolute atomic E-state index is 0.656. The molecule has 0 amide bonds. The molecular weight excluding hydrogens is 761 g/mol. The quantitative estimate of drug-likeness (QED) is 0.174. The number of para-hydroxylation sites is 2. The van der Waals surface area contributed by atoms with Gasteiger partial charge < -0.3 is 4.57 Å². The maximum atomic E-state index is 5.50. The van der Waals surface area contributed by atoms with Gasteiger partial charge in [0.25, 0.3) is 0 Å². The minimum atomic E-state index is 0.656. The van der Waals surface area contributed by atoms with Crippen molar-refractivity contribution in [2.75, 3.05) is 0 Å². The Morgan fingerprint density at radius 2 is 1.05 bits per heavy atom. The molecule has 0 fully saturated rings. The molecule has 4 aromatic heterocycles. The fraction of sp³-hybridized carbons (Fsp3) is 0. The van der Waals surface area contributed by atoms with Gasteiger partial charge in [0, 0.05) is 49.3 Å². The number of rotatable bonds is 5. The summed E-state index contributed by atoms with van der Waals surface area (Å²) in [5.41, 5.74) is 13.2. The summed E-state index contributed by atoms with van der Waals surface area (Å²) < 4.78 is 5.82. The number of nitrogens with zero attached hydrogens (tertiary/aromatic N) is 4. The first-order valence-electron chi connectivity index (χ1n) is 20.6. The lowest BCUT2D eigenvalue weighted by Gasteiger charge is -2.13. The molecule has 0 aliphatic heterocycles. The van der Waals surface area contributed by atoms with Crippen LogP contribution < -0.4 is 0 Å². The van der Waals surface area contributed by atoms with E-state index in [1.807, 2.05) is 0 Å². The third kappa shape index (κ3) is 5.18. The Bertz CT molecular complexity index is 3860.